The predicted molar refractivity (Wildman–Crippen MR) is 78.6 cm³/mol. The van der Waals surface area contributed by atoms with Crippen LogP contribution < -0.4 is 5.32 Å². The third-order valence-electron chi connectivity index (χ3n) is 3.81. The Labute approximate surface area is 122 Å². The maximum Gasteiger partial charge on any atom is 0.228 e. The molecule has 108 valence electrons. The number of aliphatic hydroxyl groups is 1. The van der Waals surface area contributed by atoms with E-state index in [1.54, 1.807) is 12.1 Å². The van der Waals surface area contributed by atoms with Gasteiger partial charge in [-0.25, -0.2) is 4.39 Å². The number of carbonyl (C=O) groups is 1. The molecule has 3 rings (SSSR count). The van der Waals surface area contributed by atoms with Crippen LogP contribution in [0.3, 0.4) is 0 Å². The zero-order valence-electron chi connectivity index (χ0n) is 11.7. The molecule has 0 fully saturated rings. The average molecular weight is 285 g/mol. The molecular formula is C17H16FNO2. The van der Waals surface area contributed by atoms with Crippen LogP contribution in [0.2, 0.25) is 0 Å². The van der Waals surface area contributed by atoms with E-state index in [4.69, 9.17) is 0 Å². The molecule has 2 aromatic carbocycles. The minimum absolute atomic E-state index is 0.0641. The Kier molecular flexibility index (Phi) is 3.47. The van der Waals surface area contributed by atoms with Gasteiger partial charge in [-0.15, -0.1) is 0 Å². The molecule has 3 nitrogen and oxygen atoms in total. The normalized spacial score (nSPS) is 14.7. The van der Waals surface area contributed by atoms with Crippen LogP contribution in [-0.4, -0.2) is 11.0 Å². The van der Waals surface area contributed by atoms with Crippen molar-refractivity contribution in [1.29, 1.82) is 0 Å². The highest BCUT2D eigenvalue weighted by Crippen LogP contribution is 2.35. The minimum Gasteiger partial charge on any atom is -0.384 e. The van der Waals surface area contributed by atoms with Crippen molar-refractivity contribution in [2.24, 2.45) is 0 Å². The third kappa shape index (κ3) is 2.54. The number of amides is 1. The summed E-state index contributed by atoms with van der Waals surface area (Å²) in [5, 5.41) is 13.4. The summed E-state index contributed by atoms with van der Waals surface area (Å²) in [6.45, 7) is 2.03. The molecule has 2 N–H and O–H groups in total. The molecule has 0 aromatic heterocycles. The Morgan fingerprint density at radius 2 is 2.00 bits per heavy atom. The fourth-order valence-electron chi connectivity index (χ4n) is 2.69. The smallest absolute Gasteiger partial charge is 0.228 e. The van der Waals surface area contributed by atoms with Gasteiger partial charge in [-0.3, -0.25) is 4.79 Å². The second-order valence-corrected chi connectivity index (χ2v) is 5.25. The molecule has 1 aliphatic rings. The van der Waals surface area contributed by atoms with E-state index in [2.05, 4.69) is 5.32 Å². The van der Waals surface area contributed by atoms with E-state index >= 15 is 0 Å². The molecule has 1 unspecified atom stereocenters. The third-order valence-corrected chi connectivity index (χ3v) is 3.81. The topological polar surface area (TPSA) is 49.3 Å². The highest BCUT2D eigenvalue weighted by molar-refractivity contribution is 6.00. The summed E-state index contributed by atoms with van der Waals surface area (Å²) < 4.78 is 13.0. The largest absolute Gasteiger partial charge is 0.384 e. The van der Waals surface area contributed by atoms with Crippen molar-refractivity contribution in [2.45, 2.75) is 25.9 Å². The Balaban J connectivity index is 2.07. The monoisotopic (exact) mass is 285 g/mol. The molecular weight excluding hydrogens is 269 g/mol. The molecule has 1 heterocycles. The van der Waals surface area contributed by atoms with Gasteiger partial charge in [0.15, 0.2) is 0 Å². The fourth-order valence-corrected chi connectivity index (χ4v) is 2.69. The molecule has 0 radical (unpaired) electrons. The number of carbonyl (C=O) groups excluding carboxylic acids is 1. The van der Waals surface area contributed by atoms with E-state index in [1.165, 1.54) is 12.1 Å². The van der Waals surface area contributed by atoms with Crippen LogP contribution in [-0.2, 0) is 17.6 Å². The lowest BCUT2D eigenvalue weighted by molar-refractivity contribution is -0.115. The first-order valence-corrected chi connectivity index (χ1v) is 6.97. The van der Waals surface area contributed by atoms with Crippen molar-refractivity contribution in [1.82, 2.24) is 0 Å². The molecule has 0 spiro atoms. The Hall–Kier alpha value is -2.20. The molecule has 0 saturated carbocycles. The number of anilines is 1. The molecule has 1 amide bonds. The first-order chi connectivity index (χ1) is 10.1. The van der Waals surface area contributed by atoms with Crippen LogP contribution in [0, 0.1) is 5.82 Å². The van der Waals surface area contributed by atoms with Crippen molar-refractivity contribution in [3.8, 4) is 0 Å². The van der Waals surface area contributed by atoms with Crippen molar-refractivity contribution < 1.29 is 14.3 Å². The summed E-state index contributed by atoms with van der Waals surface area (Å²) in [4.78, 5) is 11.6. The van der Waals surface area contributed by atoms with Gasteiger partial charge in [0, 0.05) is 5.56 Å². The quantitative estimate of drug-likeness (QED) is 0.911. The van der Waals surface area contributed by atoms with Gasteiger partial charge in [-0.2, -0.15) is 0 Å². The van der Waals surface area contributed by atoms with Crippen molar-refractivity contribution in [3.63, 3.8) is 0 Å². The van der Waals surface area contributed by atoms with Crippen LogP contribution in [0.1, 0.15) is 35.3 Å². The van der Waals surface area contributed by atoms with E-state index in [-0.39, 0.29) is 11.7 Å². The van der Waals surface area contributed by atoms with E-state index in [9.17, 15) is 14.3 Å². The van der Waals surface area contributed by atoms with Gasteiger partial charge in [0.2, 0.25) is 5.91 Å². The molecule has 0 saturated heterocycles. The first kappa shape index (κ1) is 13.8. The number of nitrogens with one attached hydrogen (secondary N) is 1. The van der Waals surface area contributed by atoms with Crippen molar-refractivity contribution >= 4 is 11.6 Å². The number of hydrogen-bond acceptors (Lipinski definition) is 2. The predicted octanol–water partition coefficient (Wildman–Crippen LogP) is 2.96. The van der Waals surface area contributed by atoms with Crippen LogP contribution in [0.25, 0.3) is 0 Å². The number of halogens is 1. The van der Waals surface area contributed by atoms with Crippen molar-refractivity contribution in [2.75, 3.05) is 5.32 Å². The maximum absolute atomic E-state index is 13.0. The lowest BCUT2D eigenvalue weighted by Crippen LogP contribution is -2.08. The van der Waals surface area contributed by atoms with Crippen LogP contribution in [0.4, 0.5) is 10.1 Å². The average Bonchev–Trinajstić information content (AvgIpc) is 2.86. The van der Waals surface area contributed by atoms with E-state index < -0.39 is 6.10 Å². The Bertz CT molecular complexity index is 695. The summed E-state index contributed by atoms with van der Waals surface area (Å²) in [5.74, 6) is -0.405. The van der Waals surface area contributed by atoms with E-state index in [0.717, 1.165) is 17.5 Å². The molecule has 1 aliphatic heterocycles. The van der Waals surface area contributed by atoms with Crippen LogP contribution in [0.5, 0.6) is 0 Å². The zero-order chi connectivity index (χ0) is 15.0. The second-order valence-electron chi connectivity index (χ2n) is 5.25. The standard InChI is InChI=1S/C17H16FNO2/c1-2-10-7-12-9-15(20)19-16(12)14(8-10)17(21)11-3-5-13(18)6-4-11/h3-8,17,21H,2,9H2,1H3,(H,19,20). The summed E-state index contributed by atoms with van der Waals surface area (Å²) in [6, 6.07) is 9.65. The second kappa shape index (κ2) is 5.30. The number of aryl methyl sites for hydroxylation is 1. The summed E-state index contributed by atoms with van der Waals surface area (Å²) >= 11 is 0. The molecule has 21 heavy (non-hydrogen) atoms. The molecule has 2 aromatic rings. The summed E-state index contributed by atoms with van der Waals surface area (Å²) in [7, 11) is 0. The van der Waals surface area contributed by atoms with Gasteiger partial charge in [0.25, 0.3) is 0 Å². The van der Waals surface area contributed by atoms with Crippen molar-refractivity contribution in [3.05, 3.63) is 64.5 Å². The number of aliphatic hydroxyl groups excluding tert-OH is 1. The lowest BCUT2D eigenvalue weighted by atomic mass is 9.94. The molecule has 0 aliphatic carbocycles. The molecule has 1 atom stereocenters. The van der Waals surface area contributed by atoms with Gasteiger partial charge in [-0.05, 0) is 35.2 Å². The number of hydrogen-bond donors (Lipinski definition) is 2. The van der Waals surface area contributed by atoms with Gasteiger partial charge in [-0.1, -0.05) is 31.2 Å². The fraction of sp³-hybridized carbons (Fsp3) is 0.235. The van der Waals surface area contributed by atoms with E-state index in [0.29, 0.717) is 23.2 Å². The molecule has 0 bridgehead atoms. The Morgan fingerprint density at radius 1 is 1.29 bits per heavy atom. The maximum atomic E-state index is 13.0. The number of benzene rings is 2. The lowest BCUT2D eigenvalue weighted by Gasteiger charge is -2.17. The van der Waals surface area contributed by atoms with E-state index in [1.807, 2.05) is 19.1 Å². The first-order valence-electron chi connectivity index (χ1n) is 6.97. The molecule has 4 heteroatoms. The van der Waals surface area contributed by atoms with Crippen LogP contribution in [0.15, 0.2) is 36.4 Å². The number of fused-ring (bicyclic) bond motifs is 1. The SMILES string of the molecule is CCc1cc2c(c(C(O)c3ccc(F)cc3)c1)NC(=O)C2. The van der Waals surface area contributed by atoms with Gasteiger partial charge in [0.05, 0.1) is 12.1 Å². The highest BCUT2D eigenvalue weighted by atomic mass is 19.1. The zero-order valence-corrected chi connectivity index (χ0v) is 11.7. The number of rotatable bonds is 3. The van der Waals surface area contributed by atoms with Gasteiger partial charge < -0.3 is 10.4 Å². The summed E-state index contributed by atoms with van der Waals surface area (Å²) in [5.41, 5.74) is 3.95. The van der Waals surface area contributed by atoms with Gasteiger partial charge in [0.1, 0.15) is 11.9 Å². The highest BCUT2D eigenvalue weighted by Gasteiger charge is 2.25. The summed E-state index contributed by atoms with van der Waals surface area (Å²) in [6.07, 6.45) is 0.279. The Morgan fingerprint density at radius 3 is 2.67 bits per heavy atom. The van der Waals surface area contributed by atoms with Crippen LogP contribution >= 0.6 is 0 Å². The van der Waals surface area contributed by atoms with Gasteiger partial charge >= 0.3 is 0 Å². The minimum atomic E-state index is -0.885.